The van der Waals surface area contributed by atoms with Gasteiger partial charge in [-0.2, -0.15) is 0 Å². The van der Waals surface area contributed by atoms with Crippen molar-refractivity contribution in [2.24, 2.45) is 0 Å². The molecule has 2 aromatic rings. The summed E-state index contributed by atoms with van der Waals surface area (Å²) in [5.74, 6) is -0.778. The fraction of sp³-hybridized carbons (Fsp3) is 0.375. The van der Waals surface area contributed by atoms with Gasteiger partial charge in [-0.15, -0.1) is 0 Å². The number of pyridine rings is 2. The van der Waals surface area contributed by atoms with Crippen molar-refractivity contribution < 1.29 is 45.4 Å². The van der Waals surface area contributed by atoms with E-state index >= 15 is 0 Å². The Bertz CT molecular complexity index is 809. The van der Waals surface area contributed by atoms with Crippen molar-refractivity contribution in [1.29, 1.82) is 0 Å². The average molecular weight is 496 g/mol. The van der Waals surface area contributed by atoms with Crippen LogP contribution in [0, 0.1) is 0 Å². The largest absolute Gasteiger partial charge is 2.00 e. The van der Waals surface area contributed by atoms with Crippen LogP contribution in [0.15, 0.2) is 48.8 Å². The molecular weight excluding hydrogens is 474 g/mol. The minimum Gasteiger partial charge on any atom is -0.748 e. The first-order valence-electron chi connectivity index (χ1n) is 8.24. The summed E-state index contributed by atoms with van der Waals surface area (Å²) in [6.07, 6.45) is 3.31. The van der Waals surface area contributed by atoms with Crippen LogP contribution in [0.1, 0.15) is 11.4 Å². The third kappa shape index (κ3) is 17.2. The van der Waals surface area contributed by atoms with Crippen LogP contribution in [-0.4, -0.2) is 60.5 Å². The monoisotopic (exact) mass is 494 g/mol. The summed E-state index contributed by atoms with van der Waals surface area (Å²) in [5.41, 5.74) is 1.63. The predicted octanol–water partition coefficient (Wildman–Crippen LogP) is -0.570. The number of nitrogens with one attached hydrogen (secondary N) is 2. The number of hydrogen-bond acceptors (Lipinski definition) is 10. The van der Waals surface area contributed by atoms with Gasteiger partial charge in [-0.05, 0) is 24.3 Å². The Kier molecular flexibility index (Phi) is 13.9. The fourth-order valence-corrected chi connectivity index (χ4v) is 2.62. The van der Waals surface area contributed by atoms with Crippen LogP contribution >= 0.6 is 0 Å². The first-order valence-corrected chi connectivity index (χ1v) is 11.4. The SMILES string of the molecule is O=S(=O)([O-])CCNCc1ccccn1.O=S(=O)([O-])CCNCc1ccccn1.[Zn+2]. The molecule has 156 valence electrons. The number of hydrogen-bond donors (Lipinski definition) is 2. The molecule has 2 N–H and O–H groups in total. The molecule has 10 nitrogen and oxygen atoms in total. The van der Waals surface area contributed by atoms with Crippen LogP contribution in [0.2, 0.25) is 0 Å². The van der Waals surface area contributed by atoms with Crippen LogP contribution < -0.4 is 10.6 Å². The van der Waals surface area contributed by atoms with Crippen molar-refractivity contribution >= 4 is 20.2 Å². The maximum atomic E-state index is 10.2. The molecule has 0 aliphatic carbocycles. The van der Waals surface area contributed by atoms with Crippen LogP contribution in [0.4, 0.5) is 0 Å². The second-order valence-corrected chi connectivity index (χ2v) is 8.57. The molecule has 0 spiro atoms. The molecule has 2 heterocycles. The van der Waals surface area contributed by atoms with Crippen LogP contribution in [-0.2, 0) is 52.8 Å². The van der Waals surface area contributed by atoms with Gasteiger partial charge >= 0.3 is 19.5 Å². The third-order valence-electron chi connectivity index (χ3n) is 3.12. The summed E-state index contributed by atoms with van der Waals surface area (Å²) < 4.78 is 61.4. The molecule has 0 unspecified atom stereocenters. The Labute approximate surface area is 183 Å². The van der Waals surface area contributed by atoms with E-state index < -0.39 is 20.2 Å². The summed E-state index contributed by atoms with van der Waals surface area (Å²) in [6, 6.07) is 10.9. The topological polar surface area (TPSA) is 164 Å². The maximum absolute atomic E-state index is 10.2. The van der Waals surface area contributed by atoms with Crippen molar-refractivity contribution in [3.8, 4) is 0 Å². The molecule has 0 amide bonds. The molecule has 0 bridgehead atoms. The summed E-state index contributed by atoms with van der Waals surface area (Å²) in [5, 5.41) is 5.63. The summed E-state index contributed by atoms with van der Waals surface area (Å²) >= 11 is 0. The van der Waals surface area contributed by atoms with Gasteiger partial charge in [0.15, 0.2) is 0 Å². The van der Waals surface area contributed by atoms with Crippen molar-refractivity contribution in [2.45, 2.75) is 13.1 Å². The Hall–Kier alpha value is -1.34. The minimum atomic E-state index is -4.11. The van der Waals surface area contributed by atoms with E-state index in [1.165, 1.54) is 0 Å². The number of rotatable bonds is 10. The Morgan fingerprint density at radius 1 is 0.724 bits per heavy atom. The molecule has 0 aliphatic rings. The van der Waals surface area contributed by atoms with Crippen LogP contribution in [0.25, 0.3) is 0 Å². The first kappa shape index (κ1) is 27.7. The number of nitrogens with zero attached hydrogens (tertiary/aromatic N) is 2. The standard InChI is InChI=1S/2C8H12N2O3S.Zn/c2*11-14(12,13)6-5-9-7-8-3-1-2-4-10-8;/h2*1-4,9H,5-7H2,(H,11,12,13);/q;;+2/p-2. The van der Waals surface area contributed by atoms with Gasteiger partial charge in [0.05, 0.1) is 43.1 Å². The van der Waals surface area contributed by atoms with E-state index in [-0.39, 0.29) is 44.1 Å². The van der Waals surface area contributed by atoms with E-state index in [0.29, 0.717) is 13.1 Å². The fourth-order valence-electron chi connectivity index (χ4n) is 1.83. The van der Waals surface area contributed by atoms with Crippen LogP contribution in [0.5, 0.6) is 0 Å². The van der Waals surface area contributed by atoms with Gasteiger partial charge in [0.25, 0.3) is 0 Å². The smallest absolute Gasteiger partial charge is 0.748 e. The maximum Gasteiger partial charge on any atom is 2.00 e. The van der Waals surface area contributed by atoms with Gasteiger partial charge < -0.3 is 19.7 Å². The van der Waals surface area contributed by atoms with Crippen molar-refractivity contribution in [1.82, 2.24) is 20.6 Å². The quantitative estimate of drug-likeness (QED) is 0.248. The van der Waals surface area contributed by atoms with E-state index in [1.807, 2.05) is 24.3 Å². The molecular formula is C16H22N4O6S2Zn. The second kappa shape index (κ2) is 14.6. The zero-order valence-electron chi connectivity index (χ0n) is 15.7. The van der Waals surface area contributed by atoms with Crippen molar-refractivity contribution in [3.63, 3.8) is 0 Å². The second-order valence-electron chi connectivity index (χ2n) is 5.52. The van der Waals surface area contributed by atoms with Gasteiger partial charge in [0, 0.05) is 38.6 Å². The summed E-state index contributed by atoms with van der Waals surface area (Å²) in [4.78, 5) is 8.05. The third-order valence-corrected chi connectivity index (χ3v) is 4.53. The molecule has 0 saturated heterocycles. The van der Waals surface area contributed by atoms with E-state index in [4.69, 9.17) is 0 Å². The zero-order chi connectivity index (χ0) is 20.9. The molecule has 0 saturated carbocycles. The van der Waals surface area contributed by atoms with E-state index in [0.717, 1.165) is 11.4 Å². The molecule has 0 aromatic carbocycles. The van der Waals surface area contributed by atoms with Crippen molar-refractivity contribution in [3.05, 3.63) is 60.2 Å². The van der Waals surface area contributed by atoms with E-state index in [9.17, 15) is 25.9 Å². The van der Waals surface area contributed by atoms with Gasteiger partial charge in [0.1, 0.15) is 0 Å². The predicted molar refractivity (Wildman–Crippen MR) is 101 cm³/mol. The van der Waals surface area contributed by atoms with Gasteiger partial charge in [-0.25, -0.2) is 16.8 Å². The molecule has 0 aliphatic heterocycles. The summed E-state index contributed by atoms with van der Waals surface area (Å²) in [7, 11) is -8.22. The van der Waals surface area contributed by atoms with Gasteiger partial charge in [0.2, 0.25) is 0 Å². The van der Waals surface area contributed by atoms with Gasteiger partial charge in [-0.3, -0.25) is 9.97 Å². The first-order chi connectivity index (χ1) is 13.2. The van der Waals surface area contributed by atoms with Crippen LogP contribution in [0.3, 0.4) is 0 Å². The van der Waals surface area contributed by atoms with E-state index in [2.05, 4.69) is 20.6 Å². The average Bonchev–Trinajstić information content (AvgIpc) is 2.63. The molecule has 29 heavy (non-hydrogen) atoms. The van der Waals surface area contributed by atoms with Crippen molar-refractivity contribution in [2.75, 3.05) is 24.6 Å². The van der Waals surface area contributed by atoms with E-state index in [1.54, 1.807) is 24.5 Å². The van der Waals surface area contributed by atoms with Gasteiger partial charge in [-0.1, -0.05) is 12.1 Å². The Balaban J connectivity index is 0.000000523. The summed E-state index contributed by atoms with van der Waals surface area (Å²) in [6.45, 7) is 1.25. The molecule has 0 fully saturated rings. The normalized spacial score (nSPS) is 11.1. The molecule has 0 radical (unpaired) electrons. The minimum absolute atomic E-state index is 0. The molecule has 2 aromatic heterocycles. The Morgan fingerprint density at radius 3 is 1.38 bits per heavy atom. The molecule has 13 heteroatoms. The Morgan fingerprint density at radius 2 is 1.10 bits per heavy atom. The number of aromatic nitrogens is 2. The molecule has 0 atom stereocenters. The molecule has 2 rings (SSSR count). The zero-order valence-corrected chi connectivity index (χ0v) is 20.3.